The third-order valence-electron chi connectivity index (χ3n) is 1.99. The van der Waals surface area contributed by atoms with Crippen molar-refractivity contribution in [1.82, 2.24) is 0 Å². The third kappa shape index (κ3) is 2.39. The van der Waals surface area contributed by atoms with E-state index in [0.29, 0.717) is 0 Å². The molecule has 0 fully saturated rings. The Morgan fingerprint density at radius 2 is 1.57 bits per heavy atom. The lowest BCUT2D eigenvalue weighted by Gasteiger charge is -2.17. The molecular weight excluding hydrogens is 374 g/mol. The van der Waals surface area contributed by atoms with Crippen molar-refractivity contribution >= 4 is 47.8 Å². The second-order valence-electron chi connectivity index (χ2n) is 3.49. The number of hydrogen-bond acceptors (Lipinski definition) is 1. The molecule has 0 radical (unpaired) electrons. The number of halogens is 3. The highest BCUT2D eigenvalue weighted by molar-refractivity contribution is 9.14. The quantitative estimate of drug-likeness (QED) is 0.642. The monoisotopic (exact) mass is 379 g/mol. The minimum Gasteiger partial charge on any atom is -0.197 e. The molecule has 0 N–H and O–H groups in total. The van der Waals surface area contributed by atoms with Gasteiger partial charge in [-0.15, -0.1) is 0 Å². The highest BCUT2D eigenvalue weighted by Gasteiger charge is 2.21. The summed E-state index contributed by atoms with van der Waals surface area (Å²) in [5.41, 5.74) is 0.521. The Bertz CT molecular complexity index is 381. The number of hydrogen-bond donors (Lipinski definition) is 0. The smallest absolute Gasteiger partial charge is 0.0767 e. The van der Waals surface area contributed by atoms with Gasteiger partial charge >= 0.3 is 0 Å². The molecule has 0 unspecified atom stereocenters. The maximum Gasteiger partial charge on any atom is 0.0767 e. The van der Waals surface area contributed by atoms with E-state index in [1.807, 2.05) is 26.0 Å². The summed E-state index contributed by atoms with van der Waals surface area (Å²) in [4.78, 5) is 0. The summed E-state index contributed by atoms with van der Waals surface area (Å²) in [6.07, 6.45) is 0. The molecule has 0 bridgehead atoms. The van der Waals surface area contributed by atoms with Gasteiger partial charge in [-0.3, -0.25) is 0 Å². The van der Waals surface area contributed by atoms with Crippen LogP contribution in [0.3, 0.4) is 0 Å². The van der Waals surface area contributed by atoms with Crippen molar-refractivity contribution in [3.8, 4) is 6.07 Å². The Labute approximate surface area is 109 Å². The van der Waals surface area contributed by atoms with Gasteiger partial charge in [0, 0.05) is 13.4 Å². The van der Waals surface area contributed by atoms with Crippen LogP contribution in [0.4, 0.5) is 0 Å². The molecule has 0 heterocycles. The molecule has 1 aromatic rings. The number of nitriles is 1. The highest BCUT2D eigenvalue weighted by atomic mass is 79.9. The van der Waals surface area contributed by atoms with Crippen LogP contribution in [0, 0.1) is 11.3 Å². The summed E-state index contributed by atoms with van der Waals surface area (Å²) in [6, 6.07) is 6.19. The number of benzene rings is 1. The van der Waals surface area contributed by atoms with E-state index in [4.69, 9.17) is 5.26 Å². The number of rotatable bonds is 1. The third-order valence-corrected chi connectivity index (χ3v) is 5.15. The van der Waals surface area contributed by atoms with E-state index < -0.39 is 5.41 Å². The van der Waals surface area contributed by atoms with Gasteiger partial charge in [-0.1, -0.05) is 0 Å². The molecule has 0 aliphatic heterocycles. The minimum atomic E-state index is -0.467. The van der Waals surface area contributed by atoms with Crippen molar-refractivity contribution in [3.05, 3.63) is 31.1 Å². The average Bonchev–Trinajstić information content (AvgIpc) is 2.13. The molecular formula is C10H8Br3N. The van der Waals surface area contributed by atoms with Gasteiger partial charge < -0.3 is 0 Å². The van der Waals surface area contributed by atoms with E-state index in [1.165, 1.54) is 0 Å². The van der Waals surface area contributed by atoms with Gasteiger partial charge in [-0.05, 0) is 79.3 Å². The standard InChI is InChI=1S/C10H8Br3N/c1-10(2,5-14)6-3-7(11)9(13)8(12)4-6/h3-4H,1-2H3. The molecule has 0 saturated carbocycles. The predicted octanol–water partition coefficient (Wildman–Crippen LogP) is 4.78. The molecule has 0 aliphatic rings. The van der Waals surface area contributed by atoms with Gasteiger partial charge in [0.05, 0.1) is 11.5 Å². The summed E-state index contributed by atoms with van der Waals surface area (Å²) in [5.74, 6) is 0. The van der Waals surface area contributed by atoms with Crippen LogP contribution in [0.15, 0.2) is 25.6 Å². The lowest BCUT2D eigenvalue weighted by atomic mass is 9.86. The van der Waals surface area contributed by atoms with Crippen LogP contribution in [0.25, 0.3) is 0 Å². The molecule has 1 aromatic carbocycles. The van der Waals surface area contributed by atoms with Gasteiger partial charge in [-0.25, -0.2) is 0 Å². The fourth-order valence-electron chi connectivity index (χ4n) is 0.981. The Balaban J connectivity index is 3.35. The Morgan fingerprint density at radius 1 is 1.14 bits per heavy atom. The maximum absolute atomic E-state index is 9.01. The second kappa shape index (κ2) is 4.34. The van der Waals surface area contributed by atoms with Crippen LogP contribution in [-0.2, 0) is 5.41 Å². The first-order valence-electron chi connectivity index (χ1n) is 3.95. The van der Waals surface area contributed by atoms with Crippen molar-refractivity contribution in [2.75, 3.05) is 0 Å². The molecule has 74 valence electrons. The van der Waals surface area contributed by atoms with Crippen molar-refractivity contribution in [1.29, 1.82) is 5.26 Å². The second-order valence-corrected chi connectivity index (χ2v) is 5.99. The zero-order valence-corrected chi connectivity index (χ0v) is 12.5. The Kier molecular flexibility index (Phi) is 3.79. The van der Waals surface area contributed by atoms with E-state index >= 15 is 0 Å². The largest absolute Gasteiger partial charge is 0.197 e. The van der Waals surface area contributed by atoms with Crippen LogP contribution in [0.2, 0.25) is 0 Å². The lowest BCUT2D eigenvalue weighted by Crippen LogP contribution is -2.13. The molecule has 0 aromatic heterocycles. The first-order chi connectivity index (χ1) is 6.38. The Hall–Kier alpha value is 0.150. The zero-order chi connectivity index (χ0) is 10.9. The molecule has 0 amide bonds. The molecule has 14 heavy (non-hydrogen) atoms. The summed E-state index contributed by atoms with van der Waals surface area (Å²) in [6.45, 7) is 3.80. The first-order valence-corrected chi connectivity index (χ1v) is 6.32. The fourth-order valence-corrected chi connectivity index (χ4v) is 2.40. The SMILES string of the molecule is CC(C)(C#N)c1cc(Br)c(Br)c(Br)c1. The van der Waals surface area contributed by atoms with Gasteiger partial charge in [-0.2, -0.15) is 5.26 Å². The molecule has 0 saturated heterocycles. The molecule has 1 nitrogen and oxygen atoms in total. The molecule has 0 atom stereocenters. The zero-order valence-electron chi connectivity index (χ0n) is 7.74. The number of nitrogens with zero attached hydrogens (tertiary/aromatic N) is 1. The van der Waals surface area contributed by atoms with Crippen molar-refractivity contribution < 1.29 is 0 Å². The topological polar surface area (TPSA) is 23.8 Å². The Morgan fingerprint density at radius 3 is 1.93 bits per heavy atom. The van der Waals surface area contributed by atoms with Crippen molar-refractivity contribution in [3.63, 3.8) is 0 Å². The van der Waals surface area contributed by atoms with Crippen LogP contribution in [-0.4, -0.2) is 0 Å². The van der Waals surface area contributed by atoms with Gasteiger partial charge in [0.25, 0.3) is 0 Å². The van der Waals surface area contributed by atoms with E-state index in [9.17, 15) is 0 Å². The van der Waals surface area contributed by atoms with E-state index in [2.05, 4.69) is 53.9 Å². The van der Waals surface area contributed by atoms with Crippen LogP contribution >= 0.6 is 47.8 Å². The lowest BCUT2D eigenvalue weighted by molar-refractivity contribution is 0.685. The first kappa shape index (κ1) is 12.2. The van der Waals surface area contributed by atoms with Gasteiger partial charge in [0.1, 0.15) is 0 Å². The minimum absolute atomic E-state index is 0.467. The molecule has 0 aliphatic carbocycles. The van der Waals surface area contributed by atoms with E-state index in [0.717, 1.165) is 19.0 Å². The fraction of sp³-hybridized carbons (Fsp3) is 0.300. The van der Waals surface area contributed by atoms with E-state index in [1.54, 1.807) is 0 Å². The van der Waals surface area contributed by atoms with Crippen molar-refractivity contribution in [2.24, 2.45) is 0 Å². The maximum atomic E-state index is 9.01. The molecule has 1 rings (SSSR count). The van der Waals surface area contributed by atoms with Crippen LogP contribution in [0.1, 0.15) is 19.4 Å². The van der Waals surface area contributed by atoms with E-state index in [-0.39, 0.29) is 0 Å². The highest BCUT2D eigenvalue weighted by Crippen LogP contribution is 2.35. The summed E-state index contributed by atoms with van der Waals surface area (Å²) in [5, 5.41) is 9.01. The average molecular weight is 382 g/mol. The van der Waals surface area contributed by atoms with Crippen LogP contribution < -0.4 is 0 Å². The van der Waals surface area contributed by atoms with Crippen LogP contribution in [0.5, 0.6) is 0 Å². The van der Waals surface area contributed by atoms with Crippen molar-refractivity contribution in [2.45, 2.75) is 19.3 Å². The predicted molar refractivity (Wildman–Crippen MR) is 68.2 cm³/mol. The summed E-state index contributed by atoms with van der Waals surface area (Å²) in [7, 11) is 0. The molecule has 0 spiro atoms. The normalized spacial score (nSPS) is 11.1. The van der Waals surface area contributed by atoms with Gasteiger partial charge in [0.2, 0.25) is 0 Å². The molecule has 4 heteroatoms. The van der Waals surface area contributed by atoms with Gasteiger partial charge in [0.15, 0.2) is 0 Å². The summed E-state index contributed by atoms with van der Waals surface area (Å²) < 4.78 is 2.87. The summed E-state index contributed by atoms with van der Waals surface area (Å²) >= 11 is 10.3.